The number of hydrogen-bond acceptors (Lipinski definition) is 2. The Hall–Kier alpha value is -7.04. The maximum atomic E-state index is 5.42. The van der Waals surface area contributed by atoms with Gasteiger partial charge in [-0.2, -0.15) is 0 Å². The van der Waals surface area contributed by atoms with Crippen molar-refractivity contribution in [3.8, 4) is 34.0 Å². The average Bonchev–Trinajstić information content (AvgIpc) is 3.75. The largest absolute Gasteiger partial charge is 0.309 e. The molecule has 1 aliphatic carbocycles. The molecule has 0 N–H and O–H groups in total. The van der Waals surface area contributed by atoms with Crippen LogP contribution in [0, 0.1) is 0 Å². The second kappa shape index (κ2) is 11.0. The summed E-state index contributed by atoms with van der Waals surface area (Å²) >= 11 is 0. The van der Waals surface area contributed by atoms with E-state index in [2.05, 4.69) is 193 Å². The lowest BCUT2D eigenvalue weighted by atomic mass is 9.70. The lowest BCUT2D eigenvalue weighted by molar-refractivity contribution is 0.643. The Morgan fingerprint density at radius 3 is 1.95 bits per heavy atom. The van der Waals surface area contributed by atoms with Crippen LogP contribution < -0.4 is 0 Å². The second-order valence-electron chi connectivity index (χ2n) is 15.4. The molecular weight excluding hydrogens is 669 g/mol. The van der Waals surface area contributed by atoms with Crippen molar-refractivity contribution in [2.75, 3.05) is 0 Å². The van der Waals surface area contributed by atoms with Crippen LogP contribution in [0.25, 0.3) is 99.3 Å². The highest BCUT2D eigenvalue weighted by molar-refractivity contribution is 6.19. The monoisotopic (exact) mass is 702 g/mol. The van der Waals surface area contributed by atoms with Gasteiger partial charge in [0.15, 0.2) is 0 Å². The zero-order valence-corrected chi connectivity index (χ0v) is 30.5. The van der Waals surface area contributed by atoms with Gasteiger partial charge in [0.1, 0.15) is 0 Å². The third-order valence-electron chi connectivity index (χ3n) is 12.1. The number of para-hydroxylation sites is 2. The molecule has 0 saturated heterocycles. The van der Waals surface area contributed by atoms with Gasteiger partial charge in [0.05, 0.1) is 33.3 Å². The number of rotatable bonds is 3. The van der Waals surface area contributed by atoms with Gasteiger partial charge in [0.25, 0.3) is 0 Å². The highest BCUT2D eigenvalue weighted by Crippen LogP contribution is 2.48. The van der Waals surface area contributed by atoms with E-state index < -0.39 is 0 Å². The fraction of sp³-hybridized carbons (Fsp3) is 0.0588. The van der Waals surface area contributed by atoms with Crippen LogP contribution in [0.4, 0.5) is 0 Å². The summed E-state index contributed by atoms with van der Waals surface area (Å²) < 4.78 is 4.67. The number of fused-ring (bicyclic) bond motifs is 10. The van der Waals surface area contributed by atoms with Crippen molar-refractivity contribution in [3.05, 3.63) is 181 Å². The SMILES string of the molecule is CC1(C)c2ccccc2-c2nc(-n3c4ccccc4c4cc(-c5ccc6c(c5)c5ccc7ccccc7c5n6-c5ccccc5)ccc43)nc3cccc1c23. The van der Waals surface area contributed by atoms with Gasteiger partial charge in [-0.1, -0.05) is 135 Å². The zero-order valence-electron chi connectivity index (χ0n) is 30.5. The van der Waals surface area contributed by atoms with Gasteiger partial charge in [0, 0.05) is 49.0 Å². The minimum absolute atomic E-state index is 0.148. The molecule has 0 unspecified atom stereocenters. The third-order valence-corrected chi connectivity index (χ3v) is 12.1. The van der Waals surface area contributed by atoms with Crippen LogP contribution in [0.5, 0.6) is 0 Å². The first kappa shape index (κ1) is 30.4. The molecule has 3 heterocycles. The van der Waals surface area contributed by atoms with Crippen LogP contribution >= 0.6 is 0 Å². The van der Waals surface area contributed by atoms with Gasteiger partial charge in [0.2, 0.25) is 5.95 Å². The molecule has 55 heavy (non-hydrogen) atoms. The molecule has 8 aromatic carbocycles. The topological polar surface area (TPSA) is 35.6 Å². The number of hydrogen-bond donors (Lipinski definition) is 0. The van der Waals surface area contributed by atoms with E-state index in [9.17, 15) is 0 Å². The summed E-state index contributed by atoms with van der Waals surface area (Å²) in [6.45, 7) is 4.62. The minimum Gasteiger partial charge on any atom is -0.309 e. The Morgan fingerprint density at radius 1 is 0.455 bits per heavy atom. The Bertz CT molecular complexity index is 3400. The van der Waals surface area contributed by atoms with Crippen molar-refractivity contribution < 1.29 is 0 Å². The van der Waals surface area contributed by atoms with Crippen LogP contribution in [0.2, 0.25) is 0 Å². The fourth-order valence-corrected chi connectivity index (χ4v) is 9.54. The standard InChI is InChI=1S/C51H34N4/c1-51(2)41-19-10-8-18-38(41)48-47-42(51)20-12-21-43(47)52-50(53-48)55-44-22-11-9-17-36(44)39-29-32(25-28-46(39)55)33-24-27-45-40(30-33)37-26-23-31-13-6-7-16-35(31)49(37)54(45)34-14-4-3-5-15-34/h3-30H,1-2H3. The van der Waals surface area contributed by atoms with E-state index >= 15 is 0 Å². The Morgan fingerprint density at radius 2 is 1.11 bits per heavy atom. The van der Waals surface area contributed by atoms with E-state index in [4.69, 9.17) is 9.97 Å². The molecule has 12 rings (SSSR count). The van der Waals surface area contributed by atoms with Gasteiger partial charge in [-0.05, 0) is 76.2 Å². The van der Waals surface area contributed by atoms with Gasteiger partial charge in [-0.15, -0.1) is 0 Å². The van der Waals surface area contributed by atoms with Crippen LogP contribution in [0.1, 0.15) is 25.0 Å². The Labute approximate surface area is 317 Å². The molecule has 3 aromatic heterocycles. The molecule has 258 valence electrons. The van der Waals surface area contributed by atoms with Gasteiger partial charge >= 0.3 is 0 Å². The van der Waals surface area contributed by atoms with Crippen molar-refractivity contribution in [2.45, 2.75) is 19.3 Å². The van der Waals surface area contributed by atoms with E-state index in [1.165, 1.54) is 71.2 Å². The molecule has 1 aliphatic rings. The summed E-state index contributed by atoms with van der Waals surface area (Å²) in [6, 6.07) is 61.7. The molecule has 11 aromatic rings. The van der Waals surface area contributed by atoms with Crippen molar-refractivity contribution in [1.29, 1.82) is 0 Å². The van der Waals surface area contributed by atoms with E-state index in [1.54, 1.807) is 0 Å². The van der Waals surface area contributed by atoms with Gasteiger partial charge in [-0.3, -0.25) is 4.57 Å². The fourth-order valence-electron chi connectivity index (χ4n) is 9.54. The zero-order chi connectivity index (χ0) is 36.4. The van der Waals surface area contributed by atoms with E-state index in [1.807, 2.05) is 0 Å². The van der Waals surface area contributed by atoms with Crippen molar-refractivity contribution in [3.63, 3.8) is 0 Å². The highest BCUT2D eigenvalue weighted by atomic mass is 15.2. The second-order valence-corrected chi connectivity index (χ2v) is 15.4. The first-order valence-electron chi connectivity index (χ1n) is 19.0. The molecule has 0 bridgehead atoms. The average molecular weight is 703 g/mol. The maximum Gasteiger partial charge on any atom is 0.235 e. The summed E-state index contributed by atoms with van der Waals surface area (Å²) in [5, 5.41) is 8.50. The van der Waals surface area contributed by atoms with Crippen molar-refractivity contribution in [2.24, 2.45) is 0 Å². The molecule has 0 radical (unpaired) electrons. The van der Waals surface area contributed by atoms with E-state index in [0.29, 0.717) is 5.95 Å². The number of benzene rings is 8. The van der Waals surface area contributed by atoms with E-state index in [0.717, 1.165) is 33.3 Å². The first-order valence-corrected chi connectivity index (χ1v) is 19.0. The third kappa shape index (κ3) is 4.17. The predicted octanol–water partition coefficient (Wildman–Crippen LogP) is 13.0. The highest BCUT2D eigenvalue weighted by Gasteiger charge is 2.34. The molecule has 0 atom stereocenters. The quantitative estimate of drug-likeness (QED) is 0.184. The molecule has 0 fully saturated rings. The molecule has 4 nitrogen and oxygen atoms in total. The normalized spacial score (nSPS) is 13.4. The lowest BCUT2D eigenvalue weighted by Gasteiger charge is -2.34. The van der Waals surface area contributed by atoms with Crippen LogP contribution in [-0.4, -0.2) is 19.1 Å². The first-order chi connectivity index (χ1) is 27.0. The molecule has 0 amide bonds. The number of nitrogens with zero attached hydrogens (tertiary/aromatic N) is 4. The van der Waals surface area contributed by atoms with Crippen LogP contribution in [0.3, 0.4) is 0 Å². The van der Waals surface area contributed by atoms with Gasteiger partial charge in [-0.25, -0.2) is 9.97 Å². The summed E-state index contributed by atoms with van der Waals surface area (Å²) in [7, 11) is 0. The Balaban J connectivity index is 1.08. The van der Waals surface area contributed by atoms with Crippen LogP contribution in [0.15, 0.2) is 170 Å². The summed E-state index contributed by atoms with van der Waals surface area (Å²) in [6.07, 6.45) is 0. The predicted molar refractivity (Wildman–Crippen MR) is 229 cm³/mol. The molecule has 0 aliphatic heterocycles. The molecule has 0 saturated carbocycles. The van der Waals surface area contributed by atoms with Crippen LogP contribution in [-0.2, 0) is 5.41 Å². The lowest BCUT2D eigenvalue weighted by Crippen LogP contribution is -2.24. The molecular formula is C51H34N4. The van der Waals surface area contributed by atoms with Gasteiger partial charge < -0.3 is 4.57 Å². The van der Waals surface area contributed by atoms with Crippen molar-refractivity contribution >= 4 is 65.3 Å². The van der Waals surface area contributed by atoms with Crippen molar-refractivity contribution in [1.82, 2.24) is 19.1 Å². The summed E-state index contributed by atoms with van der Waals surface area (Å²) in [4.78, 5) is 10.7. The molecule has 0 spiro atoms. The summed E-state index contributed by atoms with van der Waals surface area (Å²) in [5.41, 5.74) is 13.7. The smallest absolute Gasteiger partial charge is 0.235 e. The maximum absolute atomic E-state index is 5.42. The number of aromatic nitrogens is 4. The summed E-state index contributed by atoms with van der Waals surface area (Å²) in [5.74, 6) is 0.690. The molecule has 4 heteroatoms. The van der Waals surface area contributed by atoms with E-state index in [-0.39, 0.29) is 5.41 Å². The minimum atomic E-state index is -0.148. The Kier molecular flexibility index (Phi) is 6.09.